The maximum atomic E-state index is 13.2. The fourth-order valence-corrected chi connectivity index (χ4v) is 6.42. The molecule has 0 spiro atoms. The molecule has 0 saturated carbocycles. The van der Waals surface area contributed by atoms with Crippen LogP contribution in [0.1, 0.15) is 30.5 Å². The number of fused-ring (bicyclic) bond motifs is 1. The van der Waals surface area contributed by atoms with Crippen LogP contribution in [0.2, 0.25) is 0 Å². The fourth-order valence-electron chi connectivity index (χ4n) is 4.06. The van der Waals surface area contributed by atoms with Gasteiger partial charge in [-0.3, -0.25) is 9.59 Å². The predicted octanol–water partition coefficient (Wildman–Crippen LogP) is 2.85. The Bertz CT molecular complexity index is 1430. The van der Waals surface area contributed by atoms with E-state index in [-0.39, 0.29) is 33.0 Å². The Morgan fingerprint density at radius 2 is 1.91 bits per heavy atom. The molecule has 0 unspecified atom stereocenters. The second-order valence-electron chi connectivity index (χ2n) is 8.32. The number of aromatic nitrogens is 3. The number of hydrogen-bond acceptors (Lipinski definition) is 8. The summed E-state index contributed by atoms with van der Waals surface area (Å²) in [4.78, 5) is 36.5. The summed E-state index contributed by atoms with van der Waals surface area (Å²) < 4.78 is 33.1. The van der Waals surface area contributed by atoms with E-state index in [1.807, 2.05) is 19.9 Å². The van der Waals surface area contributed by atoms with E-state index in [0.717, 1.165) is 42.3 Å². The van der Waals surface area contributed by atoms with Crippen LogP contribution in [0.4, 0.5) is 5.69 Å². The first kappa shape index (κ1) is 25.1. The van der Waals surface area contributed by atoms with Crippen molar-refractivity contribution in [2.24, 2.45) is 0 Å². The molecule has 12 heteroatoms. The average Bonchev–Trinajstić information content (AvgIpc) is 2.82. The number of pyridine rings is 1. The zero-order chi connectivity index (χ0) is 25.2. The number of carbonyl (C=O) groups excluding carboxylic acids is 1. The molecule has 0 aliphatic carbocycles. The lowest BCUT2D eigenvalue weighted by Gasteiger charge is -2.26. The van der Waals surface area contributed by atoms with Crippen LogP contribution < -0.4 is 15.6 Å². The molecule has 35 heavy (non-hydrogen) atoms. The molecule has 1 aliphatic heterocycles. The molecule has 1 fully saturated rings. The van der Waals surface area contributed by atoms with E-state index in [1.54, 1.807) is 6.07 Å². The van der Waals surface area contributed by atoms with Crippen molar-refractivity contribution in [1.29, 1.82) is 0 Å². The van der Waals surface area contributed by atoms with Crippen LogP contribution in [0, 0.1) is 13.8 Å². The van der Waals surface area contributed by atoms with Crippen LogP contribution in [0.25, 0.3) is 11.0 Å². The number of hydrogen-bond donors (Lipinski definition) is 2. The first-order valence-electron chi connectivity index (χ1n) is 11.2. The molecule has 186 valence electrons. The molecular weight excluding hydrogens is 490 g/mol. The van der Waals surface area contributed by atoms with Gasteiger partial charge >= 0.3 is 0 Å². The molecule has 0 atom stereocenters. The van der Waals surface area contributed by atoms with Crippen molar-refractivity contribution >= 4 is 44.4 Å². The van der Waals surface area contributed by atoms with Gasteiger partial charge in [0, 0.05) is 24.5 Å². The van der Waals surface area contributed by atoms with Crippen LogP contribution in [0.15, 0.2) is 39.1 Å². The number of benzene rings is 1. The molecule has 3 heterocycles. The van der Waals surface area contributed by atoms with Gasteiger partial charge < -0.3 is 15.0 Å². The van der Waals surface area contributed by atoms with Crippen LogP contribution in [0.5, 0.6) is 5.75 Å². The smallest absolute Gasteiger partial charge is 0.261 e. The summed E-state index contributed by atoms with van der Waals surface area (Å²) in [6.45, 7) is 4.57. The fraction of sp³-hybridized carbons (Fsp3) is 0.391. The number of nitrogens with one attached hydrogen (secondary N) is 2. The van der Waals surface area contributed by atoms with E-state index >= 15 is 0 Å². The van der Waals surface area contributed by atoms with Gasteiger partial charge in [0.25, 0.3) is 5.56 Å². The number of thioether (sulfide) groups is 1. The van der Waals surface area contributed by atoms with Gasteiger partial charge in [-0.2, -0.15) is 4.31 Å². The SMILES string of the molecule is COc1ccc(NC(=O)CSc2nc3nc(C)cc(C)c3c(=O)[nH]2)cc1S(=O)(=O)N1CCCCC1. The summed E-state index contributed by atoms with van der Waals surface area (Å²) in [5.41, 5.74) is 1.88. The summed E-state index contributed by atoms with van der Waals surface area (Å²) in [5.74, 6) is -0.198. The number of aryl methyl sites for hydroxylation is 2. The van der Waals surface area contributed by atoms with Crippen molar-refractivity contribution in [3.05, 3.63) is 45.9 Å². The maximum absolute atomic E-state index is 13.2. The molecule has 1 saturated heterocycles. The number of H-pyrrole nitrogens is 1. The minimum atomic E-state index is -3.76. The molecule has 2 aromatic heterocycles. The van der Waals surface area contributed by atoms with E-state index in [4.69, 9.17) is 4.74 Å². The van der Waals surface area contributed by atoms with Crippen molar-refractivity contribution in [3.8, 4) is 5.75 Å². The highest BCUT2D eigenvalue weighted by Gasteiger charge is 2.29. The molecule has 2 N–H and O–H groups in total. The van der Waals surface area contributed by atoms with Crippen molar-refractivity contribution < 1.29 is 17.9 Å². The van der Waals surface area contributed by atoms with Crippen molar-refractivity contribution in [2.75, 3.05) is 31.3 Å². The normalized spacial score (nSPS) is 14.7. The monoisotopic (exact) mass is 517 g/mol. The van der Waals surface area contributed by atoms with Gasteiger partial charge in [-0.1, -0.05) is 18.2 Å². The molecule has 3 aromatic rings. The van der Waals surface area contributed by atoms with Gasteiger partial charge in [0.15, 0.2) is 10.8 Å². The molecule has 10 nitrogen and oxygen atoms in total. The molecule has 4 rings (SSSR count). The maximum Gasteiger partial charge on any atom is 0.261 e. The van der Waals surface area contributed by atoms with Crippen LogP contribution >= 0.6 is 11.8 Å². The Balaban J connectivity index is 1.50. The van der Waals surface area contributed by atoms with Gasteiger partial charge in [0.2, 0.25) is 15.9 Å². The number of methoxy groups -OCH3 is 1. The lowest BCUT2D eigenvalue weighted by atomic mass is 10.2. The topological polar surface area (TPSA) is 134 Å². The van der Waals surface area contributed by atoms with Gasteiger partial charge in [0.05, 0.1) is 18.2 Å². The lowest BCUT2D eigenvalue weighted by molar-refractivity contribution is -0.113. The number of aromatic amines is 1. The number of ether oxygens (including phenoxy) is 1. The van der Waals surface area contributed by atoms with E-state index in [0.29, 0.717) is 29.8 Å². The second kappa shape index (κ2) is 10.3. The molecule has 1 aromatic carbocycles. The number of rotatable bonds is 7. The highest BCUT2D eigenvalue weighted by atomic mass is 32.2. The zero-order valence-electron chi connectivity index (χ0n) is 19.8. The summed E-state index contributed by atoms with van der Waals surface area (Å²) in [6.07, 6.45) is 2.63. The second-order valence-corrected chi connectivity index (χ2v) is 11.2. The van der Waals surface area contributed by atoms with Crippen molar-refractivity contribution in [2.45, 2.75) is 43.2 Å². The standard InChI is InChI=1S/C23H27N5O5S2/c1-14-11-15(2)24-21-20(14)22(30)27-23(26-21)34-13-19(29)25-16-7-8-17(33-3)18(12-16)35(31,32)28-9-5-4-6-10-28/h7-8,11-12H,4-6,9-10,13H2,1-3H3,(H,25,29)(H,24,26,27,30). The van der Waals surface area contributed by atoms with E-state index < -0.39 is 10.0 Å². The largest absolute Gasteiger partial charge is 0.495 e. The number of sulfonamides is 1. The first-order chi connectivity index (χ1) is 16.7. The molecular formula is C23H27N5O5S2. The summed E-state index contributed by atoms with van der Waals surface area (Å²) >= 11 is 1.06. The highest BCUT2D eigenvalue weighted by Crippen LogP contribution is 2.31. The summed E-state index contributed by atoms with van der Waals surface area (Å²) in [5, 5.41) is 3.41. The third kappa shape index (κ3) is 5.49. The Morgan fingerprint density at radius 3 is 2.63 bits per heavy atom. The van der Waals surface area contributed by atoms with Crippen molar-refractivity contribution in [1.82, 2.24) is 19.3 Å². The van der Waals surface area contributed by atoms with E-state index in [9.17, 15) is 18.0 Å². The zero-order valence-corrected chi connectivity index (χ0v) is 21.4. The number of nitrogens with zero attached hydrogens (tertiary/aromatic N) is 3. The molecule has 1 aliphatic rings. The van der Waals surface area contributed by atoms with Crippen molar-refractivity contribution in [3.63, 3.8) is 0 Å². The van der Waals surface area contributed by atoms with Gasteiger partial charge in [-0.15, -0.1) is 0 Å². The number of amides is 1. The van der Waals surface area contributed by atoms with Crippen LogP contribution in [-0.4, -0.2) is 59.5 Å². The Labute approximate surface area is 207 Å². The Kier molecular flexibility index (Phi) is 7.43. The van der Waals surface area contributed by atoms with E-state index in [2.05, 4.69) is 20.3 Å². The minimum Gasteiger partial charge on any atom is -0.495 e. The third-order valence-electron chi connectivity index (χ3n) is 5.70. The molecule has 1 amide bonds. The molecule has 0 bridgehead atoms. The number of carbonyl (C=O) groups is 1. The highest BCUT2D eigenvalue weighted by molar-refractivity contribution is 7.99. The van der Waals surface area contributed by atoms with E-state index in [1.165, 1.54) is 23.5 Å². The van der Waals surface area contributed by atoms with Crippen LogP contribution in [-0.2, 0) is 14.8 Å². The number of piperidine rings is 1. The summed E-state index contributed by atoms with van der Waals surface area (Å²) in [6, 6.07) is 6.34. The van der Waals surface area contributed by atoms with Crippen LogP contribution in [0.3, 0.4) is 0 Å². The summed E-state index contributed by atoms with van der Waals surface area (Å²) in [7, 11) is -2.34. The third-order valence-corrected chi connectivity index (χ3v) is 8.49. The predicted molar refractivity (Wildman–Crippen MR) is 135 cm³/mol. The Morgan fingerprint density at radius 1 is 1.17 bits per heavy atom. The lowest BCUT2D eigenvalue weighted by Crippen LogP contribution is -2.35. The number of anilines is 1. The Hall–Kier alpha value is -2.96. The van der Waals surface area contributed by atoms with Gasteiger partial charge in [-0.25, -0.2) is 18.4 Å². The quantitative estimate of drug-likeness (QED) is 0.361. The average molecular weight is 518 g/mol. The van der Waals surface area contributed by atoms with Gasteiger partial charge in [0.1, 0.15) is 10.6 Å². The van der Waals surface area contributed by atoms with Gasteiger partial charge in [-0.05, 0) is 56.5 Å². The molecule has 0 radical (unpaired) electrons. The first-order valence-corrected chi connectivity index (χ1v) is 13.6. The minimum absolute atomic E-state index is 0.0182.